The Kier molecular flexibility index (Phi) is 6.98. The van der Waals surface area contributed by atoms with Gasteiger partial charge in [-0.2, -0.15) is 31.4 Å². The van der Waals surface area contributed by atoms with Crippen LogP contribution in [-0.4, -0.2) is 29.7 Å². The van der Waals surface area contributed by atoms with Crippen LogP contribution in [-0.2, 0) is 22.6 Å². The lowest BCUT2D eigenvalue weighted by Crippen LogP contribution is -2.38. The van der Waals surface area contributed by atoms with Crippen LogP contribution in [0.5, 0.6) is 0 Å². The van der Waals surface area contributed by atoms with E-state index < -0.39 is 39.8 Å². The summed E-state index contributed by atoms with van der Waals surface area (Å²) in [4.78, 5) is 12.7. The van der Waals surface area contributed by atoms with Gasteiger partial charge in [0.25, 0.3) is 0 Å². The van der Waals surface area contributed by atoms with Crippen LogP contribution in [0.25, 0.3) is 0 Å². The fourth-order valence-electron chi connectivity index (χ4n) is 4.23. The minimum atomic E-state index is -4.61. The summed E-state index contributed by atoms with van der Waals surface area (Å²) in [5.41, 5.74) is -0.790. The number of anilines is 1. The van der Waals surface area contributed by atoms with Gasteiger partial charge in [-0.25, -0.2) is 0 Å². The van der Waals surface area contributed by atoms with Crippen molar-refractivity contribution in [2.75, 3.05) is 18.4 Å². The zero-order chi connectivity index (χ0) is 27.0. The average molecular weight is 540 g/mol. The minimum Gasteiger partial charge on any atom is -0.324 e. The van der Waals surface area contributed by atoms with Crippen LogP contribution in [0.2, 0.25) is 5.02 Å². The first-order chi connectivity index (χ1) is 17.3. The van der Waals surface area contributed by atoms with Gasteiger partial charge in [0.05, 0.1) is 33.8 Å². The summed E-state index contributed by atoms with van der Waals surface area (Å²) in [5.74, 6) is -0.523. The van der Waals surface area contributed by atoms with E-state index in [0.29, 0.717) is 11.3 Å². The Balaban J connectivity index is 1.60. The van der Waals surface area contributed by atoms with Gasteiger partial charge in [0, 0.05) is 11.3 Å². The number of hydrogen-bond donors (Lipinski definition) is 1. The normalized spacial score (nSPS) is 18.1. The van der Waals surface area contributed by atoms with Gasteiger partial charge in [0.2, 0.25) is 5.91 Å². The van der Waals surface area contributed by atoms with Gasteiger partial charge in [-0.15, -0.1) is 0 Å². The second-order valence-electron chi connectivity index (χ2n) is 8.79. The monoisotopic (exact) mass is 539 g/mol. The van der Waals surface area contributed by atoms with Crippen molar-refractivity contribution in [1.29, 1.82) is 0 Å². The molecule has 1 unspecified atom stereocenters. The fourth-order valence-corrected chi connectivity index (χ4v) is 4.52. The van der Waals surface area contributed by atoms with Crippen molar-refractivity contribution in [3.8, 4) is 0 Å². The van der Waals surface area contributed by atoms with Crippen molar-refractivity contribution in [3.63, 3.8) is 0 Å². The molecule has 194 valence electrons. The van der Waals surface area contributed by atoms with E-state index >= 15 is 0 Å². The second kappa shape index (κ2) is 9.74. The summed E-state index contributed by atoms with van der Waals surface area (Å²) in [6.45, 7) is 1.85. The SMILES string of the molecule is CC1(c2ccccc2)CN(CC(=O)Nc2ccc(C(F)(F)F)cc2)N=C1c1ccc(C(F)(F)F)c(Cl)c1. The zero-order valence-electron chi connectivity index (χ0n) is 19.3. The average Bonchev–Trinajstić information content (AvgIpc) is 3.15. The summed E-state index contributed by atoms with van der Waals surface area (Å²) in [6.07, 6.45) is -9.11. The lowest BCUT2D eigenvalue weighted by atomic mass is 9.76. The number of benzene rings is 3. The van der Waals surface area contributed by atoms with Crippen LogP contribution in [0.1, 0.15) is 29.2 Å². The van der Waals surface area contributed by atoms with E-state index in [-0.39, 0.29) is 18.8 Å². The Labute approximate surface area is 213 Å². The van der Waals surface area contributed by atoms with E-state index in [1.54, 1.807) is 0 Å². The number of alkyl halides is 6. The standard InChI is InChI=1S/C26H20ClF6N3O/c1-24(17-5-3-2-4-6-17)15-36(14-22(37)34-19-10-8-18(9-11-19)25(28,29)30)35-23(24)16-7-12-20(21(27)13-16)26(31,32)33/h2-13H,14-15H2,1H3,(H,34,37). The number of carbonyl (C=O) groups excluding carboxylic acids is 1. The number of hydrogen-bond acceptors (Lipinski definition) is 3. The highest BCUT2D eigenvalue weighted by Gasteiger charge is 2.42. The van der Waals surface area contributed by atoms with Gasteiger partial charge in [-0.3, -0.25) is 9.80 Å². The molecule has 11 heteroatoms. The Hall–Kier alpha value is -3.53. The fraction of sp³-hybridized carbons (Fsp3) is 0.231. The first-order valence-electron chi connectivity index (χ1n) is 11.0. The molecular weight excluding hydrogens is 520 g/mol. The van der Waals surface area contributed by atoms with Crippen molar-refractivity contribution < 1.29 is 31.1 Å². The maximum atomic E-state index is 13.2. The van der Waals surface area contributed by atoms with Gasteiger partial charge in [0.15, 0.2) is 0 Å². The molecule has 0 radical (unpaired) electrons. The van der Waals surface area contributed by atoms with E-state index in [1.165, 1.54) is 17.1 Å². The third-order valence-electron chi connectivity index (χ3n) is 6.04. The van der Waals surface area contributed by atoms with Crippen LogP contribution < -0.4 is 5.32 Å². The maximum absolute atomic E-state index is 13.2. The van der Waals surface area contributed by atoms with Crippen molar-refractivity contribution in [2.24, 2.45) is 5.10 Å². The highest BCUT2D eigenvalue weighted by atomic mass is 35.5. The van der Waals surface area contributed by atoms with Crippen LogP contribution in [0.15, 0.2) is 77.9 Å². The molecule has 0 saturated heterocycles. The largest absolute Gasteiger partial charge is 0.417 e. The lowest BCUT2D eigenvalue weighted by molar-refractivity contribution is -0.138. The molecule has 3 aromatic rings. The van der Waals surface area contributed by atoms with Gasteiger partial charge < -0.3 is 5.32 Å². The quantitative estimate of drug-likeness (QED) is 0.355. The van der Waals surface area contributed by atoms with Crippen LogP contribution in [0.3, 0.4) is 0 Å². The molecule has 1 heterocycles. The Bertz CT molecular complexity index is 1320. The molecule has 1 aliphatic rings. The molecule has 1 N–H and O–H groups in total. The molecular formula is C26H20ClF6N3O. The number of carbonyl (C=O) groups is 1. The van der Waals surface area contributed by atoms with E-state index in [0.717, 1.165) is 35.9 Å². The molecule has 0 aliphatic carbocycles. The van der Waals surface area contributed by atoms with Gasteiger partial charge in [-0.05, 0) is 48.9 Å². The molecule has 1 amide bonds. The van der Waals surface area contributed by atoms with Gasteiger partial charge in [0.1, 0.15) is 6.54 Å². The third-order valence-corrected chi connectivity index (χ3v) is 6.36. The van der Waals surface area contributed by atoms with Crippen molar-refractivity contribution in [2.45, 2.75) is 24.7 Å². The van der Waals surface area contributed by atoms with E-state index in [4.69, 9.17) is 11.6 Å². The number of nitrogens with zero attached hydrogens (tertiary/aromatic N) is 2. The van der Waals surface area contributed by atoms with Crippen molar-refractivity contribution in [1.82, 2.24) is 5.01 Å². The first kappa shape index (κ1) is 26.5. The molecule has 3 aromatic carbocycles. The number of nitrogens with one attached hydrogen (secondary N) is 1. The predicted octanol–water partition coefficient (Wildman–Crippen LogP) is 6.99. The van der Waals surface area contributed by atoms with E-state index in [2.05, 4.69) is 10.4 Å². The Morgan fingerprint density at radius 1 is 0.973 bits per heavy atom. The molecule has 0 bridgehead atoms. The van der Waals surface area contributed by atoms with E-state index in [1.807, 2.05) is 37.3 Å². The van der Waals surface area contributed by atoms with Crippen molar-refractivity contribution in [3.05, 3.63) is 100 Å². The second-order valence-corrected chi connectivity index (χ2v) is 9.19. The summed E-state index contributed by atoms with van der Waals surface area (Å²) in [5, 5.41) is 8.08. The molecule has 37 heavy (non-hydrogen) atoms. The predicted molar refractivity (Wildman–Crippen MR) is 128 cm³/mol. The molecule has 4 nitrogen and oxygen atoms in total. The summed E-state index contributed by atoms with van der Waals surface area (Å²) < 4.78 is 78.0. The van der Waals surface area contributed by atoms with Gasteiger partial charge >= 0.3 is 12.4 Å². The molecule has 0 aromatic heterocycles. The van der Waals surface area contributed by atoms with E-state index in [9.17, 15) is 31.1 Å². The summed E-state index contributed by atoms with van der Waals surface area (Å²) in [7, 11) is 0. The summed E-state index contributed by atoms with van der Waals surface area (Å²) >= 11 is 5.96. The minimum absolute atomic E-state index is 0.182. The zero-order valence-corrected chi connectivity index (χ0v) is 20.0. The molecule has 0 fully saturated rings. The molecule has 1 atom stereocenters. The van der Waals surface area contributed by atoms with Crippen LogP contribution >= 0.6 is 11.6 Å². The molecule has 4 rings (SSSR count). The maximum Gasteiger partial charge on any atom is 0.417 e. The first-order valence-corrected chi connectivity index (χ1v) is 11.4. The lowest BCUT2D eigenvalue weighted by Gasteiger charge is -2.27. The van der Waals surface area contributed by atoms with Crippen LogP contribution in [0, 0.1) is 0 Å². The number of amides is 1. The topological polar surface area (TPSA) is 44.7 Å². The number of rotatable bonds is 5. The molecule has 1 aliphatic heterocycles. The summed E-state index contributed by atoms with van der Waals surface area (Å²) in [6, 6.07) is 16.6. The third kappa shape index (κ3) is 5.74. The Morgan fingerprint density at radius 2 is 1.62 bits per heavy atom. The molecule has 0 saturated carbocycles. The van der Waals surface area contributed by atoms with Crippen molar-refractivity contribution >= 4 is 28.9 Å². The van der Waals surface area contributed by atoms with Gasteiger partial charge in [-0.1, -0.05) is 48.0 Å². The number of halogens is 7. The smallest absolute Gasteiger partial charge is 0.324 e. The Morgan fingerprint density at radius 3 is 2.19 bits per heavy atom. The number of hydrazone groups is 1. The molecule has 0 spiro atoms. The van der Waals surface area contributed by atoms with Crippen LogP contribution in [0.4, 0.5) is 32.0 Å². The highest BCUT2D eigenvalue weighted by Crippen LogP contribution is 2.39. The highest BCUT2D eigenvalue weighted by molar-refractivity contribution is 6.32.